The molecule has 0 spiro atoms. The van der Waals surface area contributed by atoms with Crippen LogP contribution in [0.5, 0.6) is 0 Å². The third-order valence-corrected chi connectivity index (χ3v) is 10.4. The van der Waals surface area contributed by atoms with Gasteiger partial charge in [0.15, 0.2) is 0 Å². The highest BCUT2D eigenvalue weighted by molar-refractivity contribution is 7.52. The molecule has 2 saturated heterocycles. The number of benzene rings is 2. The average molecular weight is 780 g/mol. The maximum absolute atomic E-state index is 13.6. The van der Waals surface area contributed by atoms with E-state index in [0.717, 1.165) is 62.1 Å². The quantitative estimate of drug-likeness (QED) is 0.163. The van der Waals surface area contributed by atoms with Gasteiger partial charge in [-0.25, -0.2) is 0 Å². The maximum Gasteiger partial charge on any atom is 0.399 e. The highest BCUT2D eigenvalue weighted by Gasteiger charge is 2.50. The summed E-state index contributed by atoms with van der Waals surface area (Å²) in [6.45, 7) is 9.46. The lowest BCUT2D eigenvalue weighted by Gasteiger charge is -2.25. The van der Waals surface area contributed by atoms with Crippen molar-refractivity contribution in [1.82, 2.24) is 20.0 Å². The molecule has 12 nitrogen and oxygen atoms in total. The van der Waals surface area contributed by atoms with Crippen LogP contribution in [0.15, 0.2) is 60.7 Å². The highest BCUT2D eigenvalue weighted by Crippen LogP contribution is 2.59. The van der Waals surface area contributed by atoms with E-state index < -0.39 is 18.8 Å². The summed E-state index contributed by atoms with van der Waals surface area (Å²) in [5, 5.41) is 11.1. The number of aldehydes is 1. The van der Waals surface area contributed by atoms with E-state index in [1.54, 1.807) is 16.7 Å². The predicted octanol–water partition coefficient (Wildman–Crippen LogP) is 6.10. The molecule has 0 radical (unpaired) electrons. The van der Waals surface area contributed by atoms with Crippen molar-refractivity contribution >= 4 is 53.5 Å². The van der Waals surface area contributed by atoms with Crippen LogP contribution in [0.3, 0.4) is 0 Å². The molecule has 2 aliphatic rings. The lowest BCUT2D eigenvalue weighted by Crippen LogP contribution is -2.35. The number of nitriles is 1. The number of nitrogens with zero attached hydrogens (tertiary/aromatic N) is 4. The minimum atomic E-state index is -5.60. The number of carbonyl (C=O) groups excluding carboxylic acids is 4. The molecule has 0 saturated carbocycles. The molecule has 2 fully saturated rings. The van der Waals surface area contributed by atoms with Gasteiger partial charge in [-0.1, -0.05) is 56.3 Å². The van der Waals surface area contributed by atoms with Gasteiger partial charge >= 0.3 is 13.3 Å². The number of amides is 3. The second-order valence-corrected chi connectivity index (χ2v) is 14.7. The molecule has 0 aliphatic carbocycles. The smallest absolute Gasteiger partial charge is 0.354 e. The van der Waals surface area contributed by atoms with Crippen LogP contribution in [-0.4, -0.2) is 102 Å². The fourth-order valence-corrected chi connectivity index (χ4v) is 6.76. The van der Waals surface area contributed by atoms with Gasteiger partial charge in [-0.3, -0.25) is 18.9 Å². The minimum Gasteiger partial charge on any atom is -0.354 e. The number of thiophene rings is 1. The van der Waals surface area contributed by atoms with Crippen LogP contribution < -0.4 is 5.32 Å². The molecule has 2 atom stereocenters. The van der Waals surface area contributed by atoms with E-state index in [0.29, 0.717) is 40.5 Å². The molecule has 3 amide bonds. The first-order valence-electron chi connectivity index (χ1n) is 17.4. The lowest BCUT2D eigenvalue weighted by atomic mass is 10.1. The van der Waals surface area contributed by atoms with E-state index in [4.69, 9.17) is 15.0 Å². The Balaban J connectivity index is 0.000000376. The van der Waals surface area contributed by atoms with Gasteiger partial charge in [0.25, 0.3) is 5.91 Å². The number of alkyl halides is 2. The van der Waals surface area contributed by atoms with E-state index in [2.05, 4.69) is 23.3 Å². The first-order valence-corrected chi connectivity index (χ1v) is 19.8. The highest BCUT2D eigenvalue weighted by atomic mass is 32.1. The normalized spacial score (nSPS) is 16.5. The fraction of sp³-hybridized carbons (Fsp3) is 0.486. The summed E-state index contributed by atoms with van der Waals surface area (Å²) in [5.41, 5.74) is -5.03. The molecule has 3 N–H and O–H groups in total. The molecule has 3 aromatic rings. The second kappa shape index (κ2) is 24.3. The number of hydrogen-bond acceptors (Lipinski definition) is 8. The number of hydrogen-bond donors (Lipinski definition) is 3. The largest absolute Gasteiger partial charge is 0.399 e. The second-order valence-electron chi connectivity index (χ2n) is 11.9. The van der Waals surface area contributed by atoms with Gasteiger partial charge < -0.3 is 34.6 Å². The molecular formula is C37H52F2N5O7PS. The number of fused-ring (bicyclic) bond motifs is 1. The van der Waals surface area contributed by atoms with Gasteiger partial charge in [-0.2, -0.15) is 14.0 Å². The first-order chi connectivity index (χ1) is 25.2. The Labute approximate surface area is 314 Å². The zero-order chi connectivity index (χ0) is 40.0. The number of rotatable bonds is 10. The predicted molar refractivity (Wildman–Crippen MR) is 204 cm³/mol. The molecule has 292 valence electrons. The maximum atomic E-state index is 13.6. The van der Waals surface area contributed by atoms with Crippen molar-refractivity contribution in [3.8, 4) is 6.07 Å². The lowest BCUT2D eigenvalue weighted by molar-refractivity contribution is -0.129. The molecular weight excluding hydrogens is 727 g/mol. The van der Waals surface area contributed by atoms with E-state index >= 15 is 0 Å². The van der Waals surface area contributed by atoms with Gasteiger partial charge in [-0.15, -0.1) is 11.3 Å². The Morgan fingerprint density at radius 3 is 2.13 bits per heavy atom. The molecule has 16 heteroatoms. The van der Waals surface area contributed by atoms with Crippen LogP contribution in [0.4, 0.5) is 8.78 Å². The number of likely N-dealkylation sites (tertiary alicyclic amines) is 2. The molecule has 2 unspecified atom stereocenters. The van der Waals surface area contributed by atoms with E-state index in [9.17, 15) is 32.5 Å². The summed E-state index contributed by atoms with van der Waals surface area (Å²) >= 11 is 1.11. The number of halogens is 2. The molecule has 2 aliphatic heterocycles. The van der Waals surface area contributed by atoms with Gasteiger partial charge in [-0.05, 0) is 62.9 Å². The average Bonchev–Trinajstić information content (AvgIpc) is 3.92. The van der Waals surface area contributed by atoms with E-state index in [1.807, 2.05) is 50.2 Å². The summed E-state index contributed by atoms with van der Waals surface area (Å²) in [6, 6.07) is 19.4. The monoisotopic (exact) mass is 779 g/mol. The summed E-state index contributed by atoms with van der Waals surface area (Å²) in [7, 11) is -2.01. The molecule has 3 heterocycles. The van der Waals surface area contributed by atoms with E-state index in [1.165, 1.54) is 38.6 Å². The Morgan fingerprint density at radius 2 is 1.70 bits per heavy atom. The third kappa shape index (κ3) is 15.8. The van der Waals surface area contributed by atoms with Crippen LogP contribution in [0.2, 0.25) is 0 Å². The molecule has 1 aromatic heterocycles. The standard InChI is InChI=1S/C12H22N2O2.C11H10F2NO4PS.C6H8N2O.C6H6.C2H6/c1-11(16)14(8-4-10-15)9-6-12-5-3-7-13(12)2;1-14-10(15)9-5-6-4-7(2-3-8(6)20-9)11(12,13)19(16,17)18;7-3-6-1-2-8(4-6)5-9;1-2-4-6-5-3-1;1-2/h10,12H,3-9H2,1-2H3;2-5H,1H3,(H,14,15)(H2,16,17,18);5-6H,1-2,4H2;1-6H;1-2H3. The zero-order valence-electron chi connectivity index (χ0n) is 31.0. The van der Waals surface area contributed by atoms with E-state index in [-0.39, 0.29) is 17.7 Å². The molecule has 0 bridgehead atoms. The number of nitrogens with one attached hydrogen (secondary N) is 1. The van der Waals surface area contributed by atoms with Crippen molar-refractivity contribution in [3.63, 3.8) is 0 Å². The molecule has 2 aromatic carbocycles. The van der Waals surface area contributed by atoms with Crippen molar-refractivity contribution in [2.24, 2.45) is 5.92 Å². The minimum absolute atomic E-state index is 0.0718. The Bertz CT molecular complexity index is 1620. The summed E-state index contributed by atoms with van der Waals surface area (Å²) in [4.78, 5) is 66.7. The topological polar surface area (TPSA) is 171 Å². The van der Waals surface area contributed by atoms with Crippen molar-refractivity contribution in [2.45, 2.75) is 64.6 Å². The van der Waals surface area contributed by atoms with Crippen molar-refractivity contribution in [3.05, 3.63) is 71.1 Å². The summed E-state index contributed by atoms with van der Waals surface area (Å²) < 4.78 is 38.6. The van der Waals surface area contributed by atoms with Crippen molar-refractivity contribution in [2.75, 3.05) is 46.8 Å². The Kier molecular flexibility index (Phi) is 21.5. The van der Waals surface area contributed by atoms with Gasteiger partial charge in [0.05, 0.1) is 16.9 Å². The van der Waals surface area contributed by atoms with Crippen LogP contribution in [0.25, 0.3) is 10.1 Å². The van der Waals surface area contributed by atoms with Crippen molar-refractivity contribution in [1.29, 1.82) is 5.26 Å². The Morgan fingerprint density at radius 1 is 1.08 bits per heavy atom. The van der Waals surface area contributed by atoms with Gasteiger partial charge in [0, 0.05) is 62.9 Å². The van der Waals surface area contributed by atoms with Gasteiger partial charge in [0.2, 0.25) is 12.3 Å². The Hall–Kier alpha value is -4.06. The fourth-order valence-electron chi connectivity index (χ4n) is 5.29. The number of carbonyl (C=O) groups is 4. The third-order valence-electron chi connectivity index (χ3n) is 8.26. The molecule has 5 rings (SSSR count). The summed E-state index contributed by atoms with van der Waals surface area (Å²) in [5.74, 6) is -0.202. The van der Waals surface area contributed by atoms with Crippen molar-refractivity contribution < 1.29 is 42.3 Å². The molecule has 53 heavy (non-hydrogen) atoms. The zero-order valence-corrected chi connectivity index (χ0v) is 32.7. The summed E-state index contributed by atoms with van der Waals surface area (Å²) in [6.07, 6.45) is 6.48. The van der Waals surface area contributed by atoms with Gasteiger partial charge in [0.1, 0.15) is 6.29 Å². The van der Waals surface area contributed by atoms with Crippen LogP contribution in [-0.2, 0) is 24.6 Å². The SMILES string of the molecule is CC.CC(=O)N(CCC=O)CCC1CCCN1C.CNC(=O)c1cc2cc(C(F)(F)P(=O)(O)O)ccc2s1.N#CC1CCN(C=O)C1.c1ccccc1. The van der Waals surface area contributed by atoms with Crippen LogP contribution >= 0.6 is 18.9 Å². The van der Waals surface area contributed by atoms with Crippen LogP contribution in [0, 0.1) is 17.2 Å². The van der Waals surface area contributed by atoms with Crippen LogP contribution in [0.1, 0.15) is 68.1 Å². The first kappa shape index (κ1) is 47.0.